The van der Waals surface area contributed by atoms with Crippen molar-refractivity contribution in [3.8, 4) is 11.1 Å². The molecule has 1 aromatic heterocycles. The lowest BCUT2D eigenvalue weighted by molar-refractivity contribution is 0.0279. The molecule has 0 fully saturated rings. The molecule has 37 heavy (non-hydrogen) atoms. The van der Waals surface area contributed by atoms with Gasteiger partial charge >= 0.3 is 0 Å². The number of anilines is 1. The second-order valence-electron chi connectivity index (χ2n) is 8.80. The number of aliphatic hydroxyl groups excluding tert-OH is 1. The second kappa shape index (κ2) is 13.4. The van der Waals surface area contributed by atoms with Crippen molar-refractivity contribution < 1.29 is 18.6 Å². The highest BCUT2D eigenvalue weighted by Crippen LogP contribution is 2.31. The summed E-state index contributed by atoms with van der Waals surface area (Å²) in [6.45, 7) is 0.868. The number of halogens is 2. The van der Waals surface area contributed by atoms with Gasteiger partial charge < -0.3 is 19.7 Å². The van der Waals surface area contributed by atoms with Crippen molar-refractivity contribution >= 4 is 17.4 Å². The van der Waals surface area contributed by atoms with Crippen LogP contribution in [0.2, 0.25) is 0 Å². The van der Waals surface area contributed by atoms with E-state index < -0.39 is 0 Å². The quantitative estimate of drug-likeness (QED) is 0.215. The molecule has 1 heterocycles. The molecule has 0 radical (unpaired) electrons. The van der Waals surface area contributed by atoms with Crippen LogP contribution in [-0.4, -0.2) is 39.3 Å². The number of ether oxygens (including phenoxy) is 1. The molecule has 1 unspecified atom stereocenters. The van der Waals surface area contributed by atoms with Crippen molar-refractivity contribution in [2.75, 3.05) is 23.9 Å². The molecule has 194 valence electrons. The number of nitrogens with one attached hydrogen (secondary N) is 1. The Morgan fingerprint density at radius 3 is 2.41 bits per heavy atom. The Balaban J connectivity index is 1.58. The Kier molecular flexibility index (Phi) is 9.71. The minimum Gasteiger partial charge on any atom is -0.394 e. The van der Waals surface area contributed by atoms with Crippen LogP contribution >= 0.6 is 11.8 Å². The number of aliphatic hydroxyl groups is 1. The number of imidazole rings is 1. The molecule has 0 saturated carbocycles. The van der Waals surface area contributed by atoms with Crippen molar-refractivity contribution in [1.82, 2.24) is 9.55 Å². The Morgan fingerprint density at radius 1 is 1.03 bits per heavy atom. The Hall–Kier alpha value is -3.20. The molecule has 4 rings (SSSR count). The first-order valence-corrected chi connectivity index (χ1v) is 13.5. The number of thioether (sulfide) groups is 1. The van der Waals surface area contributed by atoms with Crippen LogP contribution in [0.1, 0.15) is 23.7 Å². The molecule has 2 N–H and O–H groups in total. The number of rotatable bonds is 13. The lowest BCUT2D eigenvalue weighted by atomic mass is 10.00. The number of hydrogen-bond donors (Lipinski definition) is 2. The Labute approximate surface area is 220 Å². The molecule has 0 amide bonds. The third-order valence-corrected chi connectivity index (χ3v) is 6.76. The van der Waals surface area contributed by atoms with Gasteiger partial charge in [-0.15, -0.1) is 0 Å². The Morgan fingerprint density at radius 2 is 1.76 bits per heavy atom. The number of nitrogens with zero attached hydrogens (tertiary/aromatic N) is 2. The summed E-state index contributed by atoms with van der Waals surface area (Å²) >= 11 is 1.73. The predicted octanol–water partition coefficient (Wildman–Crippen LogP) is 6.31. The van der Waals surface area contributed by atoms with Crippen LogP contribution in [-0.2, 0) is 17.9 Å². The maximum absolute atomic E-state index is 13.6. The van der Waals surface area contributed by atoms with E-state index in [0.717, 1.165) is 40.1 Å². The average molecular weight is 524 g/mol. The topological polar surface area (TPSA) is 59.3 Å². The predicted molar refractivity (Wildman–Crippen MR) is 145 cm³/mol. The van der Waals surface area contributed by atoms with E-state index in [1.54, 1.807) is 48.6 Å². The maximum atomic E-state index is 13.6. The lowest BCUT2D eigenvalue weighted by Gasteiger charge is -2.22. The van der Waals surface area contributed by atoms with E-state index in [0.29, 0.717) is 13.2 Å². The smallest absolute Gasteiger partial charge is 0.123 e. The van der Waals surface area contributed by atoms with Crippen molar-refractivity contribution in [3.63, 3.8) is 0 Å². The van der Waals surface area contributed by atoms with E-state index in [9.17, 15) is 13.9 Å². The zero-order chi connectivity index (χ0) is 26.0. The molecule has 4 aromatic rings. The fourth-order valence-electron chi connectivity index (χ4n) is 4.08. The Bertz CT molecular complexity index is 1240. The van der Waals surface area contributed by atoms with Crippen LogP contribution in [0.15, 0.2) is 85.5 Å². The molecule has 0 spiro atoms. The minimum absolute atomic E-state index is 0.0158. The van der Waals surface area contributed by atoms with Crippen LogP contribution in [0.4, 0.5) is 14.5 Å². The van der Waals surface area contributed by atoms with Gasteiger partial charge in [0.2, 0.25) is 0 Å². The van der Waals surface area contributed by atoms with Gasteiger partial charge in [-0.05, 0) is 71.5 Å². The number of aromatic nitrogens is 2. The summed E-state index contributed by atoms with van der Waals surface area (Å²) in [5.74, 6) is 0.334. The number of hydrogen-bond acceptors (Lipinski definition) is 5. The molecule has 0 aliphatic carbocycles. The molecule has 2 atom stereocenters. The number of benzene rings is 3. The van der Waals surface area contributed by atoms with Gasteiger partial charge in [0.15, 0.2) is 0 Å². The van der Waals surface area contributed by atoms with Crippen LogP contribution < -0.4 is 5.32 Å². The summed E-state index contributed by atoms with van der Waals surface area (Å²) in [4.78, 5) is 4.11. The average Bonchev–Trinajstić information content (AvgIpc) is 3.43. The van der Waals surface area contributed by atoms with Crippen molar-refractivity contribution in [2.24, 2.45) is 0 Å². The molecule has 0 aliphatic heterocycles. The molecule has 3 aromatic carbocycles. The van der Waals surface area contributed by atoms with Gasteiger partial charge in [0.1, 0.15) is 17.7 Å². The van der Waals surface area contributed by atoms with Crippen LogP contribution in [0.25, 0.3) is 11.1 Å². The lowest BCUT2D eigenvalue weighted by Crippen LogP contribution is -2.24. The second-order valence-corrected chi connectivity index (χ2v) is 9.79. The van der Waals surface area contributed by atoms with E-state index in [-0.39, 0.29) is 30.4 Å². The molecular formula is C29H31F2N3O2S. The minimum atomic E-state index is -0.313. The van der Waals surface area contributed by atoms with Gasteiger partial charge in [0.05, 0.1) is 32.1 Å². The standard InChI is InChI=1S/C29H31F2N3O2S/c1-37-15-12-26(18-35)33-28-11-2-21(16-27(28)22-3-7-24(30)8-4-22)19-36-29(17-34-14-13-32-20-34)23-5-9-25(31)10-6-23/h2-11,13-14,16,20,26,29,33,35H,12,15,17-19H2,1H3/t26-,29?/m0/s1. The highest BCUT2D eigenvalue weighted by molar-refractivity contribution is 7.98. The normalized spacial score (nSPS) is 12.9. The van der Waals surface area contributed by atoms with Gasteiger partial charge in [0, 0.05) is 23.6 Å². The van der Waals surface area contributed by atoms with Gasteiger partial charge in [-0.2, -0.15) is 11.8 Å². The highest BCUT2D eigenvalue weighted by Gasteiger charge is 2.16. The SMILES string of the molecule is CSCC[C@@H](CO)Nc1ccc(COC(Cn2ccnc2)c2ccc(F)cc2)cc1-c1ccc(F)cc1. The van der Waals surface area contributed by atoms with Gasteiger partial charge in [0.25, 0.3) is 0 Å². The van der Waals surface area contributed by atoms with Crippen LogP contribution in [0.3, 0.4) is 0 Å². The summed E-state index contributed by atoms with van der Waals surface area (Å²) in [7, 11) is 0. The largest absolute Gasteiger partial charge is 0.394 e. The van der Waals surface area contributed by atoms with E-state index in [1.807, 2.05) is 35.2 Å². The third kappa shape index (κ3) is 7.64. The first kappa shape index (κ1) is 26.9. The molecule has 0 bridgehead atoms. The maximum Gasteiger partial charge on any atom is 0.123 e. The summed E-state index contributed by atoms with van der Waals surface area (Å²) in [6, 6.07) is 18.6. The zero-order valence-corrected chi connectivity index (χ0v) is 21.5. The van der Waals surface area contributed by atoms with Gasteiger partial charge in [-0.1, -0.05) is 30.3 Å². The van der Waals surface area contributed by atoms with Gasteiger partial charge in [-0.25, -0.2) is 13.8 Å². The van der Waals surface area contributed by atoms with Crippen molar-refractivity contribution in [1.29, 1.82) is 0 Å². The highest BCUT2D eigenvalue weighted by atomic mass is 32.2. The molecule has 0 saturated heterocycles. The monoisotopic (exact) mass is 523 g/mol. The fraction of sp³-hybridized carbons (Fsp3) is 0.276. The van der Waals surface area contributed by atoms with Gasteiger partial charge in [-0.3, -0.25) is 0 Å². The summed E-state index contributed by atoms with van der Waals surface area (Å²) in [6.07, 6.45) is 7.84. The van der Waals surface area contributed by atoms with E-state index in [4.69, 9.17) is 4.74 Å². The molecular weight excluding hydrogens is 492 g/mol. The molecule has 8 heteroatoms. The fourth-order valence-corrected chi connectivity index (χ4v) is 4.60. The summed E-state index contributed by atoms with van der Waals surface area (Å²) in [5.41, 5.74) is 4.43. The van der Waals surface area contributed by atoms with Crippen molar-refractivity contribution in [3.05, 3.63) is 108 Å². The van der Waals surface area contributed by atoms with E-state index in [2.05, 4.69) is 10.3 Å². The van der Waals surface area contributed by atoms with Crippen molar-refractivity contribution in [2.45, 2.75) is 31.7 Å². The first-order chi connectivity index (χ1) is 18.1. The zero-order valence-electron chi connectivity index (χ0n) is 20.7. The van der Waals surface area contributed by atoms with E-state index in [1.165, 1.54) is 24.3 Å². The molecule has 0 aliphatic rings. The first-order valence-electron chi connectivity index (χ1n) is 12.1. The summed E-state index contributed by atoms with van der Waals surface area (Å²) in [5, 5.41) is 13.3. The van der Waals surface area contributed by atoms with Crippen LogP contribution in [0, 0.1) is 11.6 Å². The van der Waals surface area contributed by atoms with E-state index >= 15 is 0 Å². The molecule has 5 nitrogen and oxygen atoms in total. The van der Waals surface area contributed by atoms with Crippen LogP contribution in [0.5, 0.6) is 0 Å². The third-order valence-electron chi connectivity index (χ3n) is 6.12. The summed E-state index contributed by atoms with van der Waals surface area (Å²) < 4.78 is 35.4.